The third-order valence-electron chi connectivity index (χ3n) is 4.42. The number of benzene rings is 1. The lowest BCUT2D eigenvalue weighted by molar-refractivity contribution is -0.385. The predicted octanol–water partition coefficient (Wildman–Crippen LogP) is 3.00. The number of hydrogen-bond acceptors (Lipinski definition) is 6. The number of thiophene rings is 1. The zero-order valence-corrected chi connectivity index (χ0v) is 15.8. The highest BCUT2D eigenvalue weighted by molar-refractivity contribution is 7.14. The fraction of sp³-hybridized carbons (Fsp3) is 0.333. The van der Waals surface area contributed by atoms with E-state index in [4.69, 9.17) is 4.74 Å². The highest BCUT2D eigenvalue weighted by Crippen LogP contribution is 2.29. The Bertz CT molecular complexity index is 902. The topological polar surface area (TPSA) is 102 Å². The van der Waals surface area contributed by atoms with Gasteiger partial charge in [-0.15, -0.1) is 11.3 Å². The largest absolute Gasteiger partial charge is 0.378 e. The molecule has 1 fully saturated rings. The van der Waals surface area contributed by atoms with Crippen molar-refractivity contribution in [2.45, 2.75) is 13.8 Å². The molecule has 27 heavy (non-hydrogen) atoms. The van der Waals surface area contributed by atoms with Gasteiger partial charge < -0.3 is 15.0 Å². The van der Waals surface area contributed by atoms with Crippen molar-refractivity contribution in [1.82, 2.24) is 4.90 Å². The van der Waals surface area contributed by atoms with Gasteiger partial charge in [0.15, 0.2) is 0 Å². The van der Waals surface area contributed by atoms with Crippen molar-refractivity contribution in [3.63, 3.8) is 0 Å². The molecular formula is C18H19N3O5S. The maximum absolute atomic E-state index is 12.7. The third kappa shape index (κ3) is 3.99. The minimum atomic E-state index is -0.504. The van der Waals surface area contributed by atoms with Crippen LogP contribution in [0.15, 0.2) is 24.3 Å². The second-order valence-electron chi connectivity index (χ2n) is 6.15. The quantitative estimate of drug-likeness (QED) is 0.640. The summed E-state index contributed by atoms with van der Waals surface area (Å²) in [5.74, 6) is -0.537. The number of aryl methyl sites for hydroxylation is 1. The molecule has 0 aliphatic carbocycles. The minimum absolute atomic E-state index is 0.0712. The Balaban J connectivity index is 1.81. The second kappa shape index (κ2) is 7.85. The number of amides is 2. The van der Waals surface area contributed by atoms with Crippen LogP contribution >= 0.6 is 11.3 Å². The molecular weight excluding hydrogens is 370 g/mol. The van der Waals surface area contributed by atoms with Crippen molar-refractivity contribution in [3.05, 3.63) is 55.3 Å². The van der Waals surface area contributed by atoms with Crippen LogP contribution in [0.5, 0.6) is 0 Å². The van der Waals surface area contributed by atoms with Gasteiger partial charge in [0.2, 0.25) is 0 Å². The van der Waals surface area contributed by atoms with Crippen LogP contribution in [0.25, 0.3) is 0 Å². The summed E-state index contributed by atoms with van der Waals surface area (Å²) in [6.07, 6.45) is 0. The van der Waals surface area contributed by atoms with Gasteiger partial charge in [-0.25, -0.2) is 0 Å². The van der Waals surface area contributed by atoms with Crippen LogP contribution in [-0.2, 0) is 4.74 Å². The van der Waals surface area contributed by atoms with E-state index < -0.39 is 10.8 Å². The average Bonchev–Trinajstić information content (AvgIpc) is 3.06. The molecule has 0 saturated carbocycles. The Morgan fingerprint density at radius 2 is 1.96 bits per heavy atom. The monoisotopic (exact) mass is 389 g/mol. The number of anilines is 1. The molecule has 8 nitrogen and oxygen atoms in total. The van der Waals surface area contributed by atoms with Crippen LogP contribution in [0.3, 0.4) is 0 Å². The molecule has 3 rings (SSSR count). The van der Waals surface area contributed by atoms with E-state index in [1.807, 2.05) is 0 Å². The van der Waals surface area contributed by atoms with Gasteiger partial charge in [0, 0.05) is 30.4 Å². The molecule has 2 amide bonds. The van der Waals surface area contributed by atoms with Gasteiger partial charge in [0.1, 0.15) is 0 Å². The molecule has 1 N–H and O–H groups in total. The maximum Gasteiger partial charge on any atom is 0.283 e. The van der Waals surface area contributed by atoms with Crippen molar-refractivity contribution in [3.8, 4) is 0 Å². The lowest BCUT2D eigenvalue weighted by atomic mass is 10.0. The van der Waals surface area contributed by atoms with Crippen LogP contribution in [0.4, 0.5) is 11.4 Å². The minimum Gasteiger partial charge on any atom is -0.378 e. The van der Waals surface area contributed by atoms with Crippen molar-refractivity contribution >= 4 is 34.5 Å². The zero-order chi connectivity index (χ0) is 19.6. The highest BCUT2D eigenvalue weighted by Gasteiger charge is 2.23. The van der Waals surface area contributed by atoms with E-state index in [1.54, 1.807) is 36.9 Å². The number of nitrogens with zero attached hydrogens (tertiary/aromatic N) is 2. The van der Waals surface area contributed by atoms with E-state index in [1.165, 1.54) is 6.07 Å². The Labute approximate surface area is 159 Å². The number of carbonyl (C=O) groups is 2. The van der Waals surface area contributed by atoms with Gasteiger partial charge in [0.05, 0.1) is 27.9 Å². The summed E-state index contributed by atoms with van der Waals surface area (Å²) in [6, 6.07) is 6.41. The number of morpholine rings is 1. The van der Waals surface area contributed by atoms with Crippen LogP contribution in [-0.4, -0.2) is 47.9 Å². The molecule has 2 aromatic rings. The fourth-order valence-corrected chi connectivity index (χ4v) is 3.77. The summed E-state index contributed by atoms with van der Waals surface area (Å²) >= 11 is 1.07. The molecule has 9 heteroatoms. The van der Waals surface area contributed by atoms with Crippen LogP contribution in [0, 0.1) is 24.0 Å². The second-order valence-corrected chi connectivity index (χ2v) is 7.40. The summed E-state index contributed by atoms with van der Waals surface area (Å²) in [6.45, 7) is 5.47. The number of rotatable bonds is 4. The highest BCUT2D eigenvalue weighted by atomic mass is 32.1. The van der Waals surface area contributed by atoms with Crippen molar-refractivity contribution < 1.29 is 19.2 Å². The van der Waals surface area contributed by atoms with Crippen LogP contribution in [0.2, 0.25) is 0 Å². The molecule has 1 aromatic heterocycles. The molecule has 0 atom stereocenters. The van der Waals surface area contributed by atoms with Gasteiger partial charge in [-0.1, -0.05) is 6.07 Å². The predicted molar refractivity (Wildman–Crippen MR) is 102 cm³/mol. The molecule has 0 spiro atoms. The van der Waals surface area contributed by atoms with Crippen LogP contribution < -0.4 is 5.32 Å². The number of nitro groups is 1. The lowest BCUT2D eigenvalue weighted by Gasteiger charge is -2.27. The normalized spacial score (nSPS) is 14.1. The zero-order valence-electron chi connectivity index (χ0n) is 15.0. The lowest BCUT2D eigenvalue weighted by Crippen LogP contribution is -2.41. The van der Waals surface area contributed by atoms with E-state index in [0.29, 0.717) is 48.0 Å². The Hall–Kier alpha value is -2.78. The molecule has 0 unspecified atom stereocenters. The number of carbonyl (C=O) groups excluding carboxylic acids is 2. The SMILES string of the molecule is Cc1sc(C(=O)Nc2cccc(C(=O)N3CCOCC3)c2C)cc1[N+](=O)[O-]. The Morgan fingerprint density at radius 3 is 2.59 bits per heavy atom. The van der Waals surface area contributed by atoms with E-state index in [2.05, 4.69) is 5.32 Å². The van der Waals surface area contributed by atoms with Gasteiger partial charge in [0.25, 0.3) is 17.5 Å². The molecule has 2 heterocycles. The molecule has 1 aromatic carbocycles. The molecule has 0 radical (unpaired) electrons. The Kier molecular flexibility index (Phi) is 5.52. The van der Waals surface area contributed by atoms with Crippen molar-refractivity contribution in [1.29, 1.82) is 0 Å². The molecule has 1 aliphatic heterocycles. The first-order valence-electron chi connectivity index (χ1n) is 8.41. The van der Waals surface area contributed by atoms with E-state index in [0.717, 1.165) is 11.3 Å². The first-order chi connectivity index (χ1) is 12.9. The summed E-state index contributed by atoms with van der Waals surface area (Å²) in [5, 5.41) is 13.7. The summed E-state index contributed by atoms with van der Waals surface area (Å²) in [7, 11) is 0. The first-order valence-corrected chi connectivity index (χ1v) is 9.23. The molecule has 1 saturated heterocycles. The Morgan fingerprint density at radius 1 is 1.26 bits per heavy atom. The average molecular weight is 389 g/mol. The first kappa shape index (κ1) is 19.0. The smallest absolute Gasteiger partial charge is 0.283 e. The van der Waals surface area contributed by atoms with Crippen LogP contribution in [0.1, 0.15) is 30.5 Å². The van der Waals surface area contributed by atoms with Gasteiger partial charge in [-0.05, 0) is 31.5 Å². The molecule has 142 valence electrons. The van der Waals surface area contributed by atoms with Crippen molar-refractivity contribution in [2.24, 2.45) is 0 Å². The van der Waals surface area contributed by atoms with E-state index >= 15 is 0 Å². The fourth-order valence-electron chi connectivity index (χ4n) is 2.89. The van der Waals surface area contributed by atoms with Gasteiger partial charge in [-0.3, -0.25) is 19.7 Å². The van der Waals surface area contributed by atoms with E-state index in [-0.39, 0.29) is 16.5 Å². The molecule has 1 aliphatic rings. The number of nitrogens with one attached hydrogen (secondary N) is 1. The van der Waals surface area contributed by atoms with Crippen molar-refractivity contribution in [2.75, 3.05) is 31.6 Å². The summed E-state index contributed by atoms with van der Waals surface area (Å²) in [5.41, 5.74) is 1.61. The number of hydrogen-bond donors (Lipinski definition) is 1. The molecule has 0 bridgehead atoms. The summed E-state index contributed by atoms with van der Waals surface area (Å²) in [4.78, 5) is 38.2. The maximum atomic E-state index is 12.7. The van der Waals surface area contributed by atoms with E-state index in [9.17, 15) is 19.7 Å². The van der Waals surface area contributed by atoms with Gasteiger partial charge >= 0.3 is 0 Å². The van der Waals surface area contributed by atoms with Gasteiger partial charge in [-0.2, -0.15) is 0 Å². The third-order valence-corrected chi connectivity index (χ3v) is 5.46. The number of ether oxygens (including phenoxy) is 1. The summed E-state index contributed by atoms with van der Waals surface area (Å²) < 4.78 is 5.27. The standard InChI is InChI=1S/C18H19N3O5S/c1-11-13(18(23)20-6-8-26-9-7-20)4-3-5-14(11)19-17(22)16-10-15(21(24)25)12(2)27-16/h3-5,10H,6-9H2,1-2H3,(H,19,22).